The summed E-state index contributed by atoms with van der Waals surface area (Å²) in [6, 6.07) is 0. The van der Waals surface area contributed by atoms with Gasteiger partial charge in [-0.25, -0.2) is 0 Å². The van der Waals surface area contributed by atoms with Crippen molar-refractivity contribution in [1.29, 1.82) is 0 Å². The van der Waals surface area contributed by atoms with E-state index < -0.39 is 0 Å². The molecule has 0 aromatic rings. The molecule has 0 spiro atoms. The van der Waals surface area contributed by atoms with E-state index >= 15 is 0 Å². The molecule has 0 aliphatic heterocycles. The van der Waals surface area contributed by atoms with Gasteiger partial charge in [0, 0.05) is 25.2 Å². The first-order valence-corrected chi connectivity index (χ1v) is 8.17. The molecule has 3 fully saturated rings. The summed E-state index contributed by atoms with van der Waals surface area (Å²) in [5.74, 6) is 2.89. The van der Waals surface area contributed by atoms with Crippen molar-refractivity contribution in [2.75, 3.05) is 19.6 Å². The van der Waals surface area contributed by atoms with Gasteiger partial charge in [-0.05, 0) is 56.3 Å². The topological polar surface area (TPSA) is 29.3 Å². The molecule has 0 bridgehead atoms. The van der Waals surface area contributed by atoms with E-state index in [1.165, 1.54) is 64.5 Å². The van der Waals surface area contributed by atoms with Gasteiger partial charge in [-0.3, -0.25) is 4.90 Å². The molecular weight excluding hydrogens is 220 g/mol. The van der Waals surface area contributed by atoms with Gasteiger partial charge in [0.05, 0.1) is 0 Å². The maximum atomic E-state index is 6.25. The molecule has 3 rings (SSSR count). The number of hydrogen-bond donors (Lipinski definition) is 1. The Balaban J connectivity index is 1.70. The minimum atomic E-state index is 0.364. The van der Waals surface area contributed by atoms with Gasteiger partial charge in [-0.1, -0.05) is 19.8 Å². The van der Waals surface area contributed by atoms with Crippen molar-refractivity contribution in [2.45, 2.75) is 63.8 Å². The second-order valence-electron chi connectivity index (χ2n) is 7.42. The van der Waals surface area contributed by atoms with Gasteiger partial charge in [-0.15, -0.1) is 0 Å². The number of rotatable bonds is 6. The van der Waals surface area contributed by atoms with Crippen LogP contribution in [0.4, 0.5) is 0 Å². The Labute approximate surface area is 112 Å². The Morgan fingerprint density at radius 1 is 1.06 bits per heavy atom. The summed E-state index contributed by atoms with van der Waals surface area (Å²) in [5.41, 5.74) is 6.62. The molecule has 2 atom stereocenters. The lowest BCUT2D eigenvalue weighted by Gasteiger charge is -2.48. The highest BCUT2D eigenvalue weighted by atomic mass is 15.2. The zero-order chi connectivity index (χ0) is 12.6. The first-order valence-electron chi connectivity index (χ1n) is 8.17. The van der Waals surface area contributed by atoms with Crippen LogP contribution < -0.4 is 5.73 Å². The molecular formula is C16H30N2. The SMILES string of the molecule is CC1CCCC(CN)(N(CC2CC2)CC2CC2)C1. The number of hydrogen-bond acceptors (Lipinski definition) is 2. The Bertz CT molecular complexity index is 269. The fourth-order valence-corrected chi connectivity index (χ4v) is 3.92. The molecule has 2 unspecified atom stereocenters. The predicted molar refractivity (Wildman–Crippen MR) is 76.4 cm³/mol. The molecule has 2 nitrogen and oxygen atoms in total. The molecule has 3 aliphatic rings. The van der Waals surface area contributed by atoms with Crippen LogP contribution in [0, 0.1) is 17.8 Å². The zero-order valence-electron chi connectivity index (χ0n) is 12.0. The van der Waals surface area contributed by atoms with Crippen LogP contribution in [-0.2, 0) is 0 Å². The molecule has 0 aromatic heterocycles. The average molecular weight is 250 g/mol. The molecule has 2 heteroatoms. The molecule has 0 saturated heterocycles. The summed E-state index contributed by atoms with van der Waals surface area (Å²) in [4.78, 5) is 2.85. The smallest absolute Gasteiger partial charge is 0.0334 e. The zero-order valence-corrected chi connectivity index (χ0v) is 12.0. The van der Waals surface area contributed by atoms with Crippen LogP contribution in [0.1, 0.15) is 58.3 Å². The largest absolute Gasteiger partial charge is 0.329 e. The molecule has 0 heterocycles. The highest BCUT2D eigenvalue weighted by Gasteiger charge is 2.42. The lowest BCUT2D eigenvalue weighted by atomic mass is 9.75. The van der Waals surface area contributed by atoms with E-state index in [-0.39, 0.29) is 0 Å². The van der Waals surface area contributed by atoms with Crippen LogP contribution in [0.3, 0.4) is 0 Å². The molecule has 3 aliphatic carbocycles. The third-order valence-corrected chi connectivity index (χ3v) is 5.47. The Hall–Kier alpha value is -0.0800. The maximum absolute atomic E-state index is 6.25. The normalized spacial score (nSPS) is 37.2. The summed E-state index contributed by atoms with van der Waals surface area (Å²) in [6.45, 7) is 6.01. The third kappa shape index (κ3) is 2.91. The minimum Gasteiger partial charge on any atom is -0.329 e. The lowest BCUT2D eigenvalue weighted by Crippen LogP contribution is -2.57. The second-order valence-corrected chi connectivity index (χ2v) is 7.42. The quantitative estimate of drug-likeness (QED) is 0.785. The average Bonchev–Trinajstić information content (AvgIpc) is 3.22. The van der Waals surface area contributed by atoms with Crippen molar-refractivity contribution in [1.82, 2.24) is 4.90 Å². The molecule has 18 heavy (non-hydrogen) atoms. The van der Waals surface area contributed by atoms with Crippen molar-refractivity contribution >= 4 is 0 Å². The van der Waals surface area contributed by atoms with Gasteiger partial charge in [-0.2, -0.15) is 0 Å². The molecule has 0 radical (unpaired) electrons. The fourth-order valence-electron chi connectivity index (χ4n) is 3.92. The summed E-state index contributed by atoms with van der Waals surface area (Å²) < 4.78 is 0. The standard InChI is InChI=1S/C16H30N2/c1-13-3-2-8-16(9-13,12-17)18(10-14-4-5-14)11-15-6-7-15/h13-15H,2-12,17H2,1H3. The van der Waals surface area contributed by atoms with E-state index in [0.717, 1.165) is 24.3 Å². The van der Waals surface area contributed by atoms with E-state index in [0.29, 0.717) is 5.54 Å². The van der Waals surface area contributed by atoms with Crippen LogP contribution in [0.2, 0.25) is 0 Å². The summed E-state index contributed by atoms with van der Waals surface area (Å²) >= 11 is 0. The van der Waals surface area contributed by atoms with Crippen LogP contribution in [0.15, 0.2) is 0 Å². The molecule has 0 aromatic carbocycles. The minimum absolute atomic E-state index is 0.364. The van der Waals surface area contributed by atoms with Crippen LogP contribution >= 0.6 is 0 Å². The number of nitrogens with zero attached hydrogens (tertiary/aromatic N) is 1. The first-order chi connectivity index (χ1) is 8.72. The Morgan fingerprint density at radius 3 is 2.11 bits per heavy atom. The van der Waals surface area contributed by atoms with Gasteiger partial charge in [0.25, 0.3) is 0 Å². The van der Waals surface area contributed by atoms with E-state index in [1.54, 1.807) is 0 Å². The molecule has 2 N–H and O–H groups in total. The summed E-state index contributed by atoms with van der Waals surface area (Å²) in [5, 5.41) is 0. The van der Waals surface area contributed by atoms with Crippen molar-refractivity contribution < 1.29 is 0 Å². The van der Waals surface area contributed by atoms with Gasteiger partial charge in [0.15, 0.2) is 0 Å². The van der Waals surface area contributed by atoms with Crippen LogP contribution in [0.5, 0.6) is 0 Å². The van der Waals surface area contributed by atoms with E-state index in [9.17, 15) is 0 Å². The highest BCUT2D eigenvalue weighted by Crippen LogP contribution is 2.42. The summed E-state index contributed by atoms with van der Waals surface area (Å²) in [6.07, 6.45) is 11.4. The van der Waals surface area contributed by atoms with Gasteiger partial charge in [0.2, 0.25) is 0 Å². The first kappa shape index (κ1) is 12.9. The highest BCUT2D eigenvalue weighted by molar-refractivity contribution is 4.99. The van der Waals surface area contributed by atoms with Crippen molar-refractivity contribution in [2.24, 2.45) is 23.5 Å². The second kappa shape index (κ2) is 5.13. The maximum Gasteiger partial charge on any atom is 0.0334 e. The van der Waals surface area contributed by atoms with Gasteiger partial charge < -0.3 is 5.73 Å². The van der Waals surface area contributed by atoms with E-state index in [1.807, 2.05) is 0 Å². The van der Waals surface area contributed by atoms with Crippen molar-refractivity contribution in [3.8, 4) is 0 Å². The summed E-state index contributed by atoms with van der Waals surface area (Å²) in [7, 11) is 0. The molecule has 0 amide bonds. The fraction of sp³-hybridized carbons (Fsp3) is 1.00. The third-order valence-electron chi connectivity index (χ3n) is 5.47. The lowest BCUT2D eigenvalue weighted by molar-refractivity contribution is 0.0312. The van der Waals surface area contributed by atoms with Crippen LogP contribution in [-0.4, -0.2) is 30.1 Å². The number of nitrogens with two attached hydrogens (primary N) is 1. The van der Waals surface area contributed by atoms with Gasteiger partial charge in [0.1, 0.15) is 0 Å². The van der Waals surface area contributed by atoms with Crippen LogP contribution in [0.25, 0.3) is 0 Å². The van der Waals surface area contributed by atoms with Crippen molar-refractivity contribution in [3.63, 3.8) is 0 Å². The Morgan fingerprint density at radius 2 is 1.67 bits per heavy atom. The van der Waals surface area contributed by atoms with E-state index in [4.69, 9.17) is 5.73 Å². The van der Waals surface area contributed by atoms with E-state index in [2.05, 4.69) is 11.8 Å². The Kier molecular flexibility index (Phi) is 3.68. The van der Waals surface area contributed by atoms with Gasteiger partial charge >= 0.3 is 0 Å². The molecule has 3 saturated carbocycles. The van der Waals surface area contributed by atoms with Crippen molar-refractivity contribution in [3.05, 3.63) is 0 Å². The molecule has 104 valence electrons. The monoisotopic (exact) mass is 250 g/mol. The predicted octanol–water partition coefficient (Wildman–Crippen LogP) is 3.02.